The number of carbonyl (C=O) groups is 1. The van der Waals surface area contributed by atoms with E-state index in [2.05, 4.69) is 4.18 Å². The van der Waals surface area contributed by atoms with Crippen LogP contribution in [0.4, 0.5) is 0 Å². The highest BCUT2D eigenvalue weighted by Gasteiger charge is 2.10. The van der Waals surface area contributed by atoms with Crippen molar-refractivity contribution in [2.75, 3.05) is 12.9 Å². The molecular formula is C11H14O5S. The van der Waals surface area contributed by atoms with Gasteiger partial charge in [-0.1, -0.05) is 19.1 Å². The summed E-state index contributed by atoms with van der Waals surface area (Å²) in [6.07, 6.45) is 0.993. The molecule has 1 aromatic rings. The molecule has 0 saturated heterocycles. The number of benzene rings is 1. The van der Waals surface area contributed by atoms with E-state index in [0.717, 1.165) is 11.8 Å². The second-order valence-electron chi connectivity index (χ2n) is 3.82. The monoisotopic (exact) mass is 258 g/mol. The molecule has 1 atom stereocenters. The Kier molecular flexibility index (Phi) is 4.25. The van der Waals surface area contributed by atoms with Crippen molar-refractivity contribution in [2.45, 2.75) is 12.8 Å². The summed E-state index contributed by atoms with van der Waals surface area (Å²) >= 11 is 0. The van der Waals surface area contributed by atoms with Crippen LogP contribution in [0.3, 0.4) is 0 Å². The Morgan fingerprint density at radius 3 is 2.29 bits per heavy atom. The van der Waals surface area contributed by atoms with Gasteiger partial charge in [-0.05, 0) is 17.7 Å². The Labute approximate surface area is 100 Å². The lowest BCUT2D eigenvalue weighted by Gasteiger charge is -2.11. The highest BCUT2D eigenvalue weighted by molar-refractivity contribution is 7.85. The number of hydrogen-bond donors (Lipinski definition) is 1. The summed E-state index contributed by atoms with van der Waals surface area (Å²) < 4.78 is 26.3. The van der Waals surface area contributed by atoms with Crippen LogP contribution in [0, 0.1) is 0 Å². The van der Waals surface area contributed by atoms with Gasteiger partial charge in [0.25, 0.3) is 10.1 Å². The quantitative estimate of drug-likeness (QED) is 0.809. The van der Waals surface area contributed by atoms with Crippen molar-refractivity contribution in [3.63, 3.8) is 0 Å². The van der Waals surface area contributed by atoms with E-state index in [4.69, 9.17) is 5.11 Å². The Morgan fingerprint density at radius 1 is 1.35 bits per heavy atom. The van der Waals surface area contributed by atoms with Crippen LogP contribution in [0.5, 0.6) is 0 Å². The molecule has 0 fully saturated rings. The van der Waals surface area contributed by atoms with E-state index in [0.29, 0.717) is 0 Å². The minimum absolute atomic E-state index is 0.0469. The van der Waals surface area contributed by atoms with Crippen molar-refractivity contribution in [2.24, 2.45) is 0 Å². The van der Waals surface area contributed by atoms with E-state index in [1.54, 1.807) is 19.1 Å². The average Bonchev–Trinajstić information content (AvgIpc) is 2.25. The summed E-state index contributed by atoms with van der Waals surface area (Å²) in [5.74, 6) is -1.11. The van der Waals surface area contributed by atoms with Gasteiger partial charge in [0, 0.05) is 5.92 Å². The minimum Gasteiger partial charge on any atom is -0.478 e. The molecule has 0 bridgehead atoms. The molecule has 6 heteroatoms. The van der Waals surface area contributed by atoms with Gasteiger partial charge in [0.15, 0.2) is 0 Å². The fourth-order valence-corrected chi connectivity index (χ4v) is 1.73. The lowest BCUT2D eigenvalue weighted by Crippen LogP contribution is -2.10. The van der Waals surface area contributed by atoms with Crippen LogP contribution in [0.2, 0.25) is 0 Å². The van der Waals surface area contributed by atoms with Crippen molar-refractivity contribution in [3.05, 3.63) is 35.4 Å². The molecule has 0 aliphatic rings. The van der Waals surface area contributed by atoms with Gasteiger partial charge in [-0.15, -0.1) is 0 Å². The number of carboxylic acid groups (broad SMARTS) is 1. The lowest BCUT2D eigenvalue weighted by atomic mass is 10.0. The number of hydrogen-bond acceptors (Lipinski definition) is 4. The zero-order valence-electron chi connectivity index (χ0n) is 9.58. The molecule has 94 valence electrons. The van der Waals surface area contributed by atoms with E-state index >= 15 is 0 Å². The maximum Gasteiger partial charge on any atom is 0.335 e. The van der Waals surface area contributed by atoms with Crippen LogP contribution in [0.1, 0.15) is 28.8 Å². The Bertz CT molecular complexity index is 489. The van der Waals surface area contributed by atoms with Crippen LogP contribution in [-0.4, -0.2) is 32.4 Å². The molecule has 0 heterocycles. The zero-order valence-corrected chi connectivity index (χ0v) is 10.4. The van der Waals surface area contributed by atoms with E-state index in [-0.39, 0.29) is 18.1 Å². The van der Waals surface area contributed by atoms with E-state index in [1.165, 1.54) is 12.1 Å². The molecule has 0 unspecified atom stereocenters. The summed E-state index contributed by atoms with van der Waals surface area (Å²) in [5.41, 5.74) is 1.03. The third-order valence-electron chi connectivity index (χ3n) is 2.26. The van der Waals surface area contributed by atoms with Crippen LogP contribution < -0.4 is 0 Å². The molecule has 0 amide bonds. The highest BCUT2D eigenvalue weighted by Crippen LogP contribution is 2.17. The van der Waals surface area contributed by atoms with Gasteiger partial charge < -0.3 is 5.11 Å². The maximum atomic E-state index is 10.8. The molecule has 0 aromatic heterocycles. The predicted molar refractivity (Wildman–Crippen MR) is 62.6 cm³/mol. The van der Waals surface area contributed by atoms with Crippen LogP contribution in [-0.2, 0) is 14.3 Å². The summed E-state index contributed by atoms with van der Waals surface area (Å²) in [4.78, 5) is 10.6. The standard InChI is InChI=1S/C11H14O5S/c1-8(7-16-17(2,14)15)9-3-5-10(6-4-9)11(12)13/h3-6,8H,7H2,1-2H3,(H,12,13)/t8-/m1/s1. The van der Waals surface area contributed by atoms with Gasteiger partial charge in [-0.25, -0.2) is 4.79 Å². The van der Waals surface area contributed by atoms with Crippen molar-refractivity contribution in [1.82, 2.24) is 0 Å². The smallest absolute Gasteiger partial charge is 0.335 e. The van der Waals surface area contributed by atoms with Gasteiger partial charge in [0.2, 0.25) is 0 Å². The fourth-order valence-electron chi connectivity index (χ4n) is 1.28. The first-order valence-electron chi connectivity index (χ1n) is 4.97. The van der Waals surface area contributed by atoms with E-state index in [1.807, 2.05) is 0 Å². The molecule has 1 aromatic carbocycles. The first-order chi connectivity index (χ1) is 7.79. The van der Waals surface area contributed by atoms with Gasteiger partial charge in [-0.2, -0.15) is 8.42 Å². The van der Waals surface area contributed by atoms with Gasteiger partial charge in [0.1, 0.15) is 0 Å². The van der Waals surface area contributed by atoms with Gasteiger partial charge in [-0.3, -0.25) is 4.18 Å². The van der Waals surface area contributed by atoms with Crippen molar-refractivity contribution < 1.29 is 22.5 Å². The number of aromatic carboxylic acids is 1. The topological polar surface area (TPSA) is 80.7 Å². The molecule has 0 saturated carbocycles. The summed E-state index contributed by atoms with van der Waals surface area (Å²) in [6.45, 7) is 1.85. The van der Waals surface area contributed by atoms with E-state index in [9.17, 15) is 13.2 Å². The molecule has 0 aliphatic heterocycles. The summed E-state index contributed by atoms with van der Waals surface area (Å²) in [6, 6.07) is 6.27. The number of rotatable bonds is 5. The molecule has 17 heavy (non-hydrogen) atoms. The largest absolute Gasteiger partial charge is 0.478 e. The molecule has 0 radical (unpaired) electrons. The fraction of sp³-hybridized carbons (Fsp3) is 0.364. The third kappa shape index (κ3) is 4.54. The third-order valence-corrected chi connectivity index (χ3v) is 2.82. The first-order valence-corrected chi connectivity index (χ1v) is 6.79. The van der Waals surface area contributed by atoms with Gasteiger partial charge in [0.05, 0.1) is 18.4 Å². The summed E-state index contributed by atoms with van der Waals surface area (Å²) in [5, 5.41) is 8.72. The molecule has 0 aliphatic carbocycles. The second-order valence-corrected chi connectivity index (χ2v) is 5.46. The molecule has 5 nitrogen and oxygen atoms in total. The Morgan fingerprint density at radius 2 is 1.88 bits per heavy atom. The van der Waals surface area contributed by atoms with E-state index < -0.39 is 16.1 Å². The maximum absolute atomic E-state index is 10.8. The predicted octanol–water partition coefficient (Wildman–Crippen LogP) is 1.46. The normalized spacial score (nSPS) is 13.3. The van der Waals surface area contributed by atoms with Gasteiger partial charge >= 0.3 is 5.97 Å². The van der Waals surface area contributed by atoms with Crippen LogP contribution in [0.25, 0.3) is 0 Å². The van der Waals surface area contributed by atoms with Crippen molar-refractivity contribution in [3.8, 4) is 0 Å². The summed E-state index contributed by atoms with van der Waals surface area (Å²) in [7, 11) is -3.44. The Balaban J connectivity index is 2.70. The molecular weight excluding hydrogens is 244 g/mol. The molecule has 0 spiro atoms. The van der Waals surface area contributed by atoms with Crippen molar-refractivity contribution >= 4 is 16.1 Å². The average molecular weight is 258 g/mol. The molecule has 1 rings (SSSR count). The lowest BCUT2D eigenvalue weighted by molar-refractivity contribution is 0.0697. The van der Waals surface area contributed by atoms with Crippen LogP contribution in [0.15, 0.2) is 24.3 Å². The van der Waals surface area contributed by atoms with Crippen molar-refractivity contribution in [1.29, 1.82) is 0 Å². The SMILES string of the molecule is C[C@H](COS(C)(=O)=O)c1ccc(C(=O)O)cc1. The first kappa shape index (κ1) is 13.7. The second kappa shape index (κ2) is 5.29. The minimum atomic E-state index is -3.44. The Hall–Kier alpha value is -1.40. The molecule has 1 N–H and O–H groups in total. The van der Waals surface area contributed by atoms with Crippen LogP contribution >= 0.6 is 0 Å². The zero-order chi connectivity index (χ0) is 13.1. The highest BCUT2D eigenvalue weighted by atomic mass is 32.2. The number of carboxylic acids is 1.